The third-order valence-corrected chi connectivity index (χ3v) is 3.51. The first-order chi connectivity index (χ1) is 9.49. The minimum Gasteiger partial charge on any atom is -0.478 e. The number of aromatic carboxylic acids is 1. The predicted octanol–water partition coefficient (Wildman–Crippen LogP) is 2.90. The van der Waals surface area contributed by atoms with Crippen LogP contribution in [-0.4, -0.2) is 27.4 Å². The van der Waals surface area contributed by atoms with Gasteiger partial charge in [0.25, 0.3) is 0 Å². The first kappa shape index (κ1) is 14.5. The van der Waals surface area contributed by atoms with Gasteiger partial charge in [0.15, 0.2) is 5.82 Å². The van der Waals surface area contributed by atoms with Crippen molar-refractivity contribution in [2.75, 3.05) is 11.9 Å². The van der Waals surface area contributed by atoms with Gasteiger partial charge < -0.3 is 10.4 Å². The Hall–Kier alpha value is -1.89. The van der Waals surface area contributed by atoms with Gasteiger partial charge in [-0.05, 0) is 40.5 Å². The summed E-state index contributed by atoms with van der Waals surface area (Å²) >= 11 is 2.96. The Morgan fingerprint density at radius 1 is 1.55 bits per heavy atom. The van der Waals surface area contributed by atoms with Crippen LogP contribution < -0.4 is 5.32 Å². The molecule has 0 amide bonds. The summed E-state index contributed by atoms with van der Waals surface area (Å²) in [5.41, 5.74) is 1.21. The molecule has 2 aromatic rings. The summed E-state index contributed by atoms with van der Waals surface area (Å²) in [5, 5.41) is 15.9. The molecular formula is C13H13BrFN3O2. The number of hydrogen-bond donors (Lipinski definition) is 2. The molecule has 0 aliphatic heterocycles. The van der Waals surface area contributed by atoms with Crippen LogP contribution in [-0.2, 0) is 6.54 Å². The van der Waals surface area contributed by atoms with Crippen LogP contribution in [0.25, 0.3) is 0 Å². The zero-order valence-corrected chi connectivity index (χ0v) is 12.3. The highest BCUT2D eigenvalue weighted by atomic mass is 79.9. The van der Waals surface area contributed by atoms with E-state index in [2.05, 4.69) is 26.3 Å². The highest BCUT2D eigenvalue weighted by Gasteiger charge is 2.15. The predicted molar refractivity (Wildman–Crippen MR) is 76.5 cm³/mol. The van der Waals surface area contributed by atoms with Crippen molar-refractivity contribution >= 4 is 27.6 Å². The minimum atomic E-state index is -1.17. The zero-order chi connectivity index (χ0) is 14.7. The second kappa shape index (κ2) is 6.04. The number of aryl methyl sites for hydroxylation is 1. The fourth-order valence-corrected chi connectivity index (χ4v) is 2.26. The van der Waals surface area contributed by atoms with E-state index in [1.54, 1.807) is 10.9 Å². The number of aromatic nitrogens is 2. The summed E-state index contributed by atoms with van der Waals surface area (Å²) < 4.78 is 15.7. The standard InChI is InChI=1S/C13H13BrFN3O2/c1-8-6-17-18(7-8)5-4-16-10-3-2-9(13(19)20)11(14)12(10)15/h2-3,6-7,16H,4-5H2,1H3,(H,19,20). The fourth-order valence-electron chi connectivity index (χ4n) is 1.75. The van der Waals surface area contributed by atoms with E-state index in [4.69, 9.17) is 5.11 Å². The molecule has 0 unspecified atom stereocenters. The molecule has 0 fully saturated rings. The van der Waals surface area contributed by atoms with Crippen LogP contribution in [0.5, 0.6) is 0 Å². The normalized spacial score (nSPS) is 10.6. The molecule has 20 heavy (non-hydrogen) atoms. The smallest absolute Gasteiger partial charge is 0.336 e. The zero-order valence-electron chi connectivity index (χ0n) is 10.7. The molecule has 0 aliphatic rings. The van der Waals surface area contributed by atoms with Crippen LogP contribution in [0.3, 0.4) is 0 Å². The largest absolute Gasteiger partial charge is 0.478 e. The summed E-state index contributed by atoms with van der Waals surface area (Å²) in [6.07, 6.45) is 3.64. The summed E-state index contributed by atoms with van der Waals surface area (Å²) in [7, 11) is 0. The van der Waals surface area contributed by atoms with Gasteiger partial charge in [-0.3, -0.25) is 4.68 Å². The van der Waals surface area contributed by atoms with Crippen molar-refractivity contribution in [2.45, 2.75) is 13.5 Å². The molecule has 1 aromatic heterocycles. The SMILES string of the molecule is Cc1cnn(CCNc2ccc(C(=O)O)c(Br)c2F)c1. The maximum atomic E-state index is 14.0. The third kappa shape index (κ3) is 3.16. The molecule has 0 atom stereocenters. The molecule has 0 saturated carbocycles. The number of rotatable bonds is 5. The van der Waals surface area contributed by atoms with Gasteiger partial charge in [-0.2, -0.15) is 5.10 Å². The first-order valence-electron chi connectivity index (χ1n) is 5.93. The van der Waals surface area contributed by atoms with Crippen LogP contribution in [0.1, 0.15) is 15.9 Å². The van der Waals surface area contributed by atoms with E-state index in [9.17, 15) is 9.18 Å². The molecule has 2 N–H and O–H groups in total. The van der Waals surface area contributed by atoms with E-state index in [0.717, 1.165) is 5.56 Å². The average molecular weight is 342 g/mol. The summed E-state index contributed by atoms with van der Waals surface area (Å²) in [6, 6.07) is 2.77. The van der Waals surface area contributed by atoms with Crippen LogP contribution in [0.15, 0.2) is 29.0 Å². The van der Waals surface area contributed by atoms with Gasteiger partial charge in [0.1, 0.15) is 0 Å². The quantitative estimate of drug-likeness (QED) is 0.877. The van der Waals surface area contributed by atoms with Gasteiger partial charge in [0.05, 0.1) is 28.5 Å². The number of hydrogen-bond acceptors (Lipinski definition) is 3. The van der Waals surface area contributed by atoms with Crippen LogP contribution >= 0.6 is 15.9 Å². The lowest BCUT2D eigenvalue weighted by Crippen LogP contribution is -2.12. The van der Waals surface area contributed by atoms with Gasteiger partial charge in [-0.15, -0.1) is 0 Å². The van der Waals surface area contributed by atoms with E-state index in [0.29, 0.717) is 13.1 Å². The molecule has 0 bridgehead atoms. The van der Waals surface area contributed by atoms with Crippen molar-refractivity contribution in [1.29, 1.82) is 0 Å². The number of halogens is 2. The fraction of sp³-hybridized carbons (Fsp3) is 0.231. The molecule has 0 saturated heterocycles. The Morgan fingerprint density at radius 3 is 2.90 bits per heavy atom. The van der Waals surface area contributed by atoms with Gasteiger partial charge in [-0.1, -0.05) is 0 Å². The van der Waals surface area contributed by atoms with Crippen molar-refractivity contribution in [1.82, 2.24) is 9.78 Å². The average Bonchev–Trinajstić information content (AvgIpc) is 2.80. The Morgan fingerprint density at radius 2 is 2.30 bits per heavy atom. The second-order valence-electron chi connectivity index (χ2n) is 4.30. The third-order valence-electron chi connectivity index (χ3n) is 2.73. The van der Waals surface area contributed by atoms with Gasteiger partial charge >= 0.3 is 5.97 Å². The molecule has 1 aromatic carbocycles. The Bertz CT molecular complexity index is 643. The van der Waals surface area contributed by atoms with Crippen molar-refractivity contribution in [3.05, 3.63) is 45.9 Å². The molecule has 0 spiro atoms. The van der Waals surface area contributed by atoms with Gasteiger partial charge in [0.2, 0.25) is 0 Å². The van der Waals surface area contributed by atoms with Gasteiger partial charge in [0, 0.05) is 12.7 Å². The number of nitrogens with one attached hydrogen (secondary N) is 1. The van der Waals surface area contributed by atoms with Crippen molar-refractivity contribution in [2.24, 2.45) is 0 Å². The topological polar surface area (TPSA) is 67.2 Å². The monoisotopic (exact) mass is 341 g/mol. The Balaban J connectivity index is 2.03. The second-order valence-corrected chi connectivity index (χ2v) is 5.09. The molecule has 106 valence electrons. The van der Waals surface area contributed by atoms with Crippen molar-refractivity contribution in [3.63, 3.8) is 0 Å². The van der Waals surface area contributed by atoms with Crippen LogP contribution in [0.2, 0.25) is 0 Å². The number of benzene rings is 1. The van der Waals surface area contributed by atoms with E-state index < -0.39 is 11.8 Å². The lowest BCUT2D eigenvalue weighted by molar-refractivity contribution is 0.0695. The van der Waals surface area contributed by atoms with Crippen molar-refractivity contribution in [3.8, 4) is 0 Å². The number of carbonyl (C=O) groups is 1. The molecular weight excluding hydrogens is 329 g/mol. The molecule has 2 rings (SSSR count). The lowest BCUT2D eigenvalue weighted by Gasteiger charge is -2.10. The number of anilines is 1. The maximum absolute atomic E-state index is 14.0. The molecule has 0 radical (unpaired) electrons. The number of nitrogens with zero attached hydrogens (tertiary/aromatic N) is 2. The van der Waals surface area contributed by atoms with E-state index in [-0.39, 0.29) is 15.7 Å². The number of carboxylic acids is 1. The van der Waals surface area contributed by atoms with Crippen molar-refractivity contribution < 1.29 is 14.3 Å². The molecule has 1 heterocycles. The van der Waals surface area contributed by atoms with E-state index >= 15 is 0 Å². The van der Waals surface area contributed by atoms with E-state index in [1.165, 1.54) is 12.1 Å². The number of carboxylic acid groups (broad SMARTS) is 1. The Kier molecular flexibility index (Phi) is 4.39. The summed E-state index contributed by atoms with van der Waals surface area (Å²) in [5.74, 6) is -1.78. The maximum Gasteiger partial charge on any atom is 0.336 e. The van der Waals surface area contributed by atoms with E-state index in [1.807, 2.05) is 13.1 Å². The highest BCUT2D eigenvalue weighted by molar-refractivity contribution is 9.10. The molecule has 5 nitrogen and oxygen atoms in total. The Labute approximate surface area is 123 Å². The van der Waals surface area contributed by atoms with Crippen LogP contribution in [0.4, 0.5) is 10.1 Å². The van der Waals surface area contributed by atoms with Gasteiger partial charge in [-0.25, -0.2) is 9.18 Å². The van der Waals surface area contributed by atoms with Crippen LogP contribution in [0, 0.1) is 12.7 Å². The first-order valence-corrected chi connectivity index (χ1v) is 6.72. The minimum absolute atomic E-state index is 0.0510. The highest BCUT2D eigenvalue weighted by Crippen LogP contribution is 2.27. The summed E-state index contributed by atoms with van der Waals surface area (Å²) in [4.78, 5) is 10.9. The molecule has 0 aliphatic carbocycles. The summed E-state index contributed by atoms with van der Waals surface area (Å²) in [6.45, 7) is 3.01. The molecule has 7 heteroatoms. The lowest BCUT2D eigenvalue weighted by atomic mass is 10.2.